The summed E-state index contributed by atoms with van der Waals surface area (Å²) in [5.41, 5.74) is 8.12. The van der Waals surface area contributed by atoms with E-state index in [0.717, 1.165) is 11.1 Å². The number of nitrogen functional groups attached to an aromatic ring is 1. The number of nitrogens with one attached hydrogen (secondary N) is 2. The summed E-state index contributed by atoms with van der Waals surface area (Å²) in [6.45, 7) is 5.58. The van der Waals surface area contributed by atoms with Gasteiger partial charge in [-0.05, 0) is 61.7 Å². The standard InChI is InChI=1S/C25H24ClN5O2/c1-4-25(3,14-27)17-7-5-6-16(10-17)23(32)30-18-9-8-15(2)20(11-18)24(33)31-19-12-21(26)22(28)29-13-19/h5-13H,4H2,1-3H3,(H2,28,29)(H,30,32)(H,31,33). The lowest BCUT2D eigenvalue weighted by Gasteiger charge is -2.20. The molecule has 3 aromatic rings. The normalized spacial score (nSPS) is 12.3. The number of carbonyl (C=O) groups excluding carboxylic acids is 2. The molecule has 2 amide bonds. The van der Waals surface area contributed by atoms with Crippen molar-refractivity contribution in [3.05, 3.63) is 82.0 Å². The van der Waals surface area contributed by atoms with Gasteiger partial charge in [0.25, 0.3) is 11.8 Å². The molecule has 8 heteroatoms. The molecule has 0 bridgehead atoms. The lowest BCUT2D eigenvalue weighted by molar-refractivity contribution is 0.101. The molecule has 0 saturated heterocycles. The number of hydrogen-bond donors (Lipinski definition) is 3. The number of halogens is 1. The van der Waals surface area contributed by atoms with Gasteiger partial charge in [0.1, 0.15) is 5.82 Å². The van der Waals surface area contributed by atoms with Gasteiger partial charge in [0, 0.05) is 16.8 Å². The minimum atomic E-state index is -0.675. The van der Waals surface area contributed by atoms with Crippen LogP contribution in [0.4, 0.5) is 17.2 Å². The van der Waals surface area contributed by atoms with Crippen LogP contribution in [0.3, 0.4) is 0 Å². The number of benzene rings is 2. The predicted octanol–water partition coefficient (Wildman–Crippen LogP) is 5.32. The minimum absolute atomic E-state index is 0.175. The van der Waals surface area contributed by atoms with Crippen LogP contribution < -0.4 is 16.4 Å². The summed E-state index contributed by atoms with van der Waals surface area (Å²) in [6.07, 6.45) is 2.04. The van der Waals surface area contributed by atoms with E-state index in [-0.39, 0.29) is 22.7 Å². The van der Waals surface area contributed by atoms with Crippen LogP contribution in [-0.2, 0) is 5.41 Å². The number of anilines is 3. The number of aryl methyl sites for hydroxylation is 1. The van der Waals surface area contributed by atoms with Crippen LogP contribution in [0.2, 0.25) is 5.02 Å². The maximum Gasteiger partial charge on any atom is 0.256 e. The van der Waals surface area contributed by atoms with Crippen molar-refractivity contribution in [3.8, 4) is 6.07 Å². The van der Waals surface area contributed by atoms with Crippen LogP contribution in [0.15, 0.2) is 54.7 Å². The highest BCUT2D eigenvalue weighted by molar-refractivity contribution is 6.33. The summed E-state index contributed by atoms with van der Waals surface area (Å²) in [6, 6.07) is 15.9. The molecule has 1 unspecified atom stereocenters. The van der Waals surface area contributed by atoms with Gasteiger partial charge in [0.15, 0.2) is 0 Å². The van der Waals surface area contributed by atoms with Gasteiger partial charge in [-0.25, -0.2) is 4.98 Å². The molecule has 0 aliphatic carbocycles. The van der Waals surface area contributed by atoms with Gasteiger partial charge >= 0.3 is 0 Å². The molecule has 1 aromatic heterocycles. The first-order chi connectivity index (χ1) is 15.7. The highest BCUT2D eigenvalue weighted by atomic mass is 35.5. The summed E-state index contributed by atoms with van der Waals surface area (Å²) in [7, 11) is 0. The molecule has 0 aliphatic rings. The van der Waals surface area contributed by atoms with Crippen LogP contribution in [0.25, 0.3) is 0 Å². The van der Waals surface area contributed by atoms with Crippen molar-refractivity contribution < 1.29 is 9.59 Å². The largest absolute Gasteiger partial charge is 0.382 e. The third kappa shape index (κ3) is 5.30. The van der Waals surface area contributed by atoms with E-state index in [1.54, 1.807) is 43.3 Å². The Labute approximate surface area is 197 Å². The Kier molecular flexibility index (Phi) is 7.00. The fourth-order valence-electron chi connectivity index (χ4n) is 3.21. The topological polar surface area (TPSA) is 121 Å². The third-order valence-corrected chi connectivity index (χ3v) is 5.89. The van der Waals surface area contributed by atoms with Crippen molar-refractivity contribution >= 4 is 40.6 Å². The molecular weight excluding hydrogens is 438 g/mol. The molecule has 1 atom stereocenters. The fraction of sp³-hybridized carbons (Fsp3) is 0.200. The molecule has 33 heavy (non-hydrogen) atoms. The Hall–Kier alpha value is -3.89. The molecule has 7 nitrogen and oxygen atoms in total. The maximum absolute atomic E-state index is 12.9. The summed E-state index contributed by atoms with van der Waals surface area (Å²) in [5, 5.41) is 15.3. The monoisotopic (exact) mass is 461 g/mol. The van der Waals surface area contributed by atoms with E-state index in [4.69, 9.17) is 17.3 Å². The van der Waals surface area contributed by atoms with E-state index in [1.165, 1.54) is 12.3 Å². The molecule has 0 fully saturated rings. The van der Waals surface area contributed by atoms with Gasteiger partial charge < -0.3 is 16.4 Å². The zero-order valence-electron chi connectivity index (χ0n) is 18.6. The Morgan fingerprint density at radius 2 is 1.85 bits per heavy atom. The van der Waals surface area contributed by atoms with E-state index in [1.807, 2.05) is 19.9 Å². The summed E-state index contributed by atoms with van der Waals surface area (Å²) in [4.78, 5) is 29.6. The van der Waals surface area contributed by atoms with Crippen molar-refractivity contribution in [1.29, 1.82) is 5.26 Å². The Morgan fingerprint density at radius 3 is 2.52 bits per heavy atom. The lowest BCUT2D eigenvalue weighted by Crippen LogP contribution is -2.20. The zero-order chi connectivity index (χ0) is 24.2. The number of nitrogens with two attached hydrogens (primary N) is 1. The second-order valence-electron chi connectivity index (χ2n) is 7.91. The third-order valence-electron chi connectivity index (χ3n) is 5.58. The molecule has 1 heterocycles. The number of amides is 2. The van der Waals surface area contributed by atoms with Gasteiger partial charge in [-0.1, -0.05) is 36.7 Å². The highest BCUT2D eigenvalue weighted by Gasteiger charge is 2.25. The first-order valence-corrected chi connectivity index (χ1v) is 10.7. The van der Waals surface area contributed by atoms with Crippen molar-refractivity contribution in [2.24, 2.45) is 0 Å². The number of pyridine rings is 1. The number of nitriles is 1. The van der Waals surface area contributed by atoms with Crippen molar-refractivity contribution in [2.75, 3.05) is 16.4 Å². The first kappa shape index (κ1) is 23.8. The molecule has 0 radical (unpaired) electrons. The molecule has 168 valence electrons. The molecule has 0 aliphatic heterocycles. The molecule has 4 N–H and O–H groups in total. The molecule has 2 aromatic carbocycles. The fourth-order valence-corrected chi connectivity index (χ4v) is 3.38. The second-order valence-corrected chi connectivity index (χ2v) is 8.31. The second kappa shape index (κ2) is 9.72. The maximum atomic E-state index is 12.9. The van der Waals surface area contributed by atoms with Gasteiger partial charge in [-0.2, -0.15) is 5.26 Å². The average Bonchev–Trinajstić information content (AvgIpc) is 2.82. The SMILES string of the molecule is CCC(C)(C#N)c1cccc(C(=O)Nc2ccc(C)c(C(=O)Nc3cnc(N)c(Cl)c3)c2)c1. The van der Waals surface area contributed by atoms with E-state index < -0.39 is 5.41 Å². The van der Waals surface area contributed by atoms with E-state index in [9.17, 15) is 14.9 Å². The van der Waals surface area contributed by atoms with Crippen LogP contribution >= 0.6 is 11.6 Å². The Morgan fingerprint density at radius 1 is 1.12 bits per heavy atom. The van der Waals surface area contributed by atoms with E-state index in [2.05, 4.69) is 21.7 Å². The smallest absolute Gasteiger partial charge is 0.256 e. The van der Waals surface area contributed by atoms with Crippen molar-refractivity contribution in [3.63, 3.8) is 0 Å². The van der Waals surface area contributed by atoms with Crippen LogP contribution in [0.1, 0.15) is 52.1 Å². The summed E-state index contributed by atoms with van der Waals surface area (Å²) in [5.74, 6) is -0.535. The number of carbonyl (C=O) groups is 2. The van der Waals surface area contributed by atoms with E-state index in [0.29, 0.717) is 28.9 Å². The van der Waals surface area contributed by atoms with Crippen molar-refractivity contribution in [1.82, 2.24) is 4.98 Å². The average molecular weight is 462 g/mol. The van der Waals surface area contributed by atoms with Crippen LogP contribution in [0, 0.1) is 18.3 Å². The number of rotatable bonds is 6. The minimum Gasteiger partial charge on any atom is -0.382 e. The predicted molar refractivity (Wildman–Crippen MR) is 130 cm³/mol. The number of hydrogen-bond acceptors (Lipinski definition) is 5. The Balaban J connectivity index is 1.81. The van der Waals surface area contributed by atoms with Gasteiger partial charge in [0.2, 0.25) is 0 Å². The van der Waals surface area contributed by atoms with E-state index >= 15 is 0 Å². The van der Waals surface area contributed by atoms with Crippen LogP contribution in [0.5, 0.6) is 0 Å². The first-order valence-electron chi connectivity index (χ1n) is 10.3. The molecule has 0 spiro atoms. The quantitative estimate of drug-likeness (QED) is 0.458. The Bertz CT molecular complexity index is 1270. The van der Waals surface area contributed by atoms with Gasteiger partial charge in [-0.3, -0.25) is 9.59 Å². The van der Waals surface area contributed by atoms with Gasteiger partial charge in [-0.15, -0.1) is 0 Å². The highest BCUT2D eigenvalue weighted by Crippen LogP contribution is 2.28. The van der Waals surface area contributed by atoms with Crippen LogP contribution in [-0.4, -0.2) is 16.8 Å². The van der Waals surface area contributed by atoms with Gasteiger partial charge in [0.05, 0.1) is 28.4 Å². The zero-order valence-corrected chi connectivity index (χ0v) is 19.3. The lowest BCUT2D eigenvalue weighted by atomic mass is 9.81. The summed E-state index contributed by atoms with van der Waals surface area (Å²) >= 11 is 5.97. The molecule has 3 rings (SSSR count). The molecule has 0 saturated carbocycles. The molecular formula is C25H24ClN5O2. The van der Waals surface area contributed by atoms with Crippen molar-refractivity contribution in [2.45, 2.75) is 32.6 Å². The summed E-state index contributed by atoms with van der Waals surface area (Å²) < 4.78 is 0. The number of nitrogens with zero attached hydrogens (tertiary/aromatic N) is 2. The number of aromatic nitrogens is 1.